The number of hydrogen-bond acceptors (Lipinski definition) is 3. The topological polar surface area (TPSA) is 64.3 Å². The van der Waals surface area contributed by atoms with Crippen molar-refractivity contribution in [3.8, 4) is 5.75 Å². The van der Waals surface area contributed by atoms with E-state index < -0.39 is 11.6 Å². The van der Waals surface area contributed by atoms with Crippen molar-refractivity contribution in [2.45, 2.75) is 46.3 Å². The summed E-state index contributed by atoms with van der Waals surface area (Å²) in [5.74, 6) is 0.536. The maximum absolute atomic E-state index is 12.3. The van der Waals surface area contributed by atoms with Crippen LogP contribution >= 0.6 is 24.0 Å². The number of halogens is 2. The molecule has 1 amide bonds. The van der Waals surface area contributed by atoms with Gasteiger partial charge in [-0.1, -0.05) is 31.5 Å². The second-order valence-corrected chi connectivity index (χ2v) is 6.37. The van der Waals surface area contributed by atoms with Crippen LogP contribution in [0.5, 0.6) is 5.75 Å². The first-order valence-electron chi connectivity index (χ1n) is 7.14. The largest absolute Gasteiger partial charge is 0.479 e. The van der Waals surface area contributed by atoms with E-state index in [0.717, 1.165) is 5.56 Å². The maximum Gasteiger partial charge on any atom is 0.261 e. The highest BCUT2D eigenvalue weighted by Crippen LogP contribution is 2.26. The fourth-order valence-corrected chi connectivity index (χ4v) is 1.92. The summed E-state index contributed by atoms with van der Waals surface area (Å²) < 4.78 is 5.67. The van der Waals surface area contributed by atoms with Gasteiger partial charge in [0, 0.05) is 6.54 Å². The monoisotopic (exact) mass is 348 g/mol. The van der Waals surface area contributed by atoms with Gasteiger partial charge in [-0.05, 0) is 44.4 Å². The molecule has 22 heavy (non-hydrogen) atoms. The lowest BCUT2D eigenvalue weighted by atomic mass is 9.88. The summed E-state index contributed by atoms with van der Waals surface area (Å²) in [5, 5.41) is 3.46. The van der Waals surface area contributed by atoms with E-state index >= 15 is 0 Å². The van der Waals surface area contributed by atoms with Crippen LogP contribution in [-0.2, 0) is 4.79 Å². The molecule has 2 atom stereocenters. The first-order chi connectivity index (χ1) is 9.69. The van der Waals surface area contributed by atoms with Gasteiger partial charge < -0.3 is 15.8 Å². The third kappa shape index (κ3) is 5.34. The Bertz CT molecular complexity index is 509. The quantitative estimate of drug-likeness (QED) is 0.828. The van der Waals surface area contributed by atoms with Crippen LogP contribution in [-0.4, -0.2) is 24.1 Å². The van der Waals surface area contributed by atoms with Crippen molar-refractivity contribution in [2.24, 2.45) is 11.7 Å². The smallest absolute Gasteiger partial charge is 0.261 e. The molecule has 0 aliphatic carbocycles. The zero-order valence-corrected chi connectivity index (χ0v) is 15.3. The molecule has 0 saturated carbocycles. The van der Waals surface area contributed by atoms with Gasteiger partial charge in [-0.3, -0.25) is 4.79 Å². The predicted octanol–water partition coefficient (Wildman–Crippen LogP) is 3.33. The van der Waals surface area contributed by atoms with Crippen LogP contribution in [0, 0.1) is 12.8 Å². The third-order valence-corrected chi connectivity index (χ3v) is 4.18. The van der Waals surface area contributed by atoms with Crippen molar-refractivity contribution in [1.82, 2.24) is 5.32 Å². The van der Waals surface area contributed by atoms with E-state index in [9.17, 15) is 4.79 Å². The summed E-state index contributed by atoms with van der Waals surface area (Å²) in [6, 6.07) is 5.47. The Balaban J connectivity index is 0.00000441. The Kier molecular flexibility index (Phi) is 8.23. The molecular formula is C16H26Cl2N2O2. The molecule has 0 aliphatic rings. The fraction of sp³-hybridized carbons (Fsp3) is 0.562. The number of benzene rings is 1. The lowest BCUT2D eigenvalue weighted by Crippen LogP contribution is -2.57. The van der Waals surface area contributed by atoms with Crippen LogP contribution in [0.25, 0.3) is 0 Å². The van der Waals surface area contributed by atoms with Crippen molar-refractivity contribution < 1.29 is 9.53 Å². The molecule has 0 aromatic heterocycles. The molecule has 6 heteroatoms. The number of ether oxygens (including phenoxy) is 1. The van der Waals surface area contributed by atoms with E-state index in [-0.39, 0.29) is 24.2 Å². The van der Waals surface area contributed by atoms with Crippen molar-refractivity contribution in [2.75, 3.05) is 6.54 Å². The van der Waals surface area contributed by atoms with E-state index in [1.165, 1.54) is 0 Å². The molecule has 0 saturated heterocycles. The van der Waals surface area contributed by atoms with Crippen molar-refractivity contribution in [3.63, 3.8) is 0 Å². The normalized spacial score (nSPS) is 14.7. The summed E-state index contributed by atoms with van der Waals surface area (Å²) in [7, 11) is 0. The van der Waals surface area contributed by atoms with E-state index in [1.54, 1.807) is 13.0 Å². The summed E-state index contributed by atoms with van der Waals surface area (Å²) in [5.41, 5.74) is 6.35. The number of amides is 1. The maximum atomic E-state index is 12.3. The van der Waals surface area contributed by atoms with Crippen LogP contribution in [0.1, 0.15) is 33.3 Å². The van der Waals surface area contributed by atoms with Gasteiger partial charge in [0.25, 0.3) is 5.91 Å². The average molecular weight is 349 g/mol. The van der Waals surface area contributed by atoms with Crippen LogP contribution in [0.4, 0.5) is 0 Å². The first kappa shape index (κ1) is 21.0. The third-order valence-electron chi connectivity index (χ3n) is 3.87. The molecule has 2 unspecified atom stereocenters. The SMILES string of the molecule is Cc1ccc(Cl)c(OC(C)C(=O)NC(C)(CN)C(C)C)c1.Cl. The van der Waals surface area contributed by atoms with Gasteiger partial charge in [0.05, 0.1) is 10.6 Å². The van der Waals surface area contributed by atoms with Crippen LogP contribution in [0.3, 0.4) is 0 Å². The van der Waals surface area contributed by atoms with Crippen molar-refractivity contribution in [1.29, 1.82) is 0 Å². The molecule has 0 aliphatic heterocycles. The molecule has 0 heterocycles. The number of carbonyl (C=O) groups excluding carboxylic acids is 1. The fourth-order valence-electron chi connectivity index (χ4n) is 1.76. The molecule has 1 aromatic carbocycles. The Morgan fingerprint density at radius 3 is 2.50 bits per heavy atom. The van der Waals surface area contributed by atoms with Gasteiger partial charge in [0.2, 0.25) is 0 Å². The van der Waals surface area contributed by atoms with Crippen LogP contribution in [0.15, 0.2) is 18.2 Å². The average Bonchev–Trinajstić information content (AvgIpc) is 2.42. The first-order valence-corrected chi connectivity index (χ1v) is 7.52. The number of aryl methyl sites for hydroxylation is 1. The number of rotatable bonds is 6. The van der Waals surface area contributed by atoms with Crippen molar-refractivity contribution in [3.05, 3.63) is 28.8 Å². The minimum absolute atomic E-state index is 0. The van der Waals surface area contributed by atoms with E-state index in [2.05, 4.69) is 5.32 Å². The summed E-state index contributed by atoms with van der Waals surface area (Å²) >= 11 is 6.08. The Morgan fingerprint density at radius 1 is 1.41 bits per heavy atom. The zero-order chi connectivity index (χ0) is 16.2. The van der Waals surface area contributed by atoms with E-state index in [4.69, 9.17) is 22.1 Å². The van der Waals surface area contributed by atoms with E-state index in [0.29, 0.717) is 17.3 Å². The van der Waals surface area contributed by atoms with Crippen LogP contribution < -0.4 is 15.8 Å². The molecule has 1 aromatic rings. The summed E-state index contributed by atoms with van der Waals surface area (Å²) in [6.07, 6.45) is -0.645. The van der Waals surface area contributed by atoms with Crippen molar-refractivity contribution >= 4 is 29.9 Å². The second kappa shape index (κ2) is 8.61. The minimum Gasteiger partial charge on any atom is -0.479 e. The highest BCUT2D eigenvalue weighted by Gasteiger charge is 2.30. The standard InChI is InChI=1S/C16H25ClN2O2.ClH/c1-10(2)16(5,9-18)19-15(20)12(4)21-14-8-11(3)6-7-13(14)17;/h6-8,10,12H,9,18H2,1-5H3,(H,19,20);1H. The zero-order valence-electron chi connectivity index (χ0n) is 13.8. The Hall–Kier alpha value is -0.970. The number of hydrogen-bond donors (Lipinski definition) is 2. The highest BCUT2D eigenvalue weighted by atomic mass is 35.5. The molecule has 126 valence electrons. The minimum atomic E-state index is -0.645. The van der Waals surface area contributed by atoms with Gasteiger partial charge in [-0.25, -0.2) is 0 Å². The lowest BCUT2D eigenvalue weighted by Gasteiger charge is -2.34. The summed E-state index contributed by atoms with van der Waals surface area (Å²) in [4.78, 5) is 12.3. The van der Waals surface area contributed by atoms with E-state index in [1.807, 2.05) is 39.8 Å². The molecule has 3 N–H and O–H groups in total. The predicted molar refractivity (Wildman–Crippen MR) is 94.0 cm³/mol. The van der Waals surface area contributed by atoms with Gasteiger partial charge in [-0.2, -0.15) is 0 Å². The highest BCUT2D eigenvalue weighted by molar-refractivity contribution is 6.32. The van der Waals surface area contributed by atoms with Gasteiger partial charge in [-0.15, -0.1) is 12.4 Å². The second-order valence-electron chi connectivity index (χ2n) is 5.96. The molecule has 0 spiro atoms. The van der Waals surface area contributed by atoms with Gasteiger partial charge >= 0.3 is 0 Å². The Morgan fingerprint density at radius 2 is 2.00 bits per heavy atom. The number of nitrogens with two attached hydrogens (primary N) is 1. The summed E-state index contributed by atoms with van der Waals surface area (Å²) in [6.45, 7) is 9.99. The molecular weight excluding hydrogens is 323 g/mol. The van der Waals surface area contributed by atoms with Gasteiger partial charge in [0.1, 0.15) is 5.75 Å². The molecule has 1 rings (SSSR count). The Labute approximate surface area is 144 Å². The van der Waals surface area contributed by atoms with Crippen LogP contribution in [0.2, 0.25) is 5.02 Å². The lowest BCUT2D eigenvalue weighted by molar-refractivity contribution is -0.129. The molecule has 0 fully saturated rings. The number of nitrogens with one attached hydrogen (secondary N) is 1. The molecule has 0 bridgehead atoms. The molecule has 4 nitrogen and oxygen atoms in total. The number of carbonyl (C=O) groups is 1. The molecule has 0 radical (unpaired) electrons. The van der Waals surface area contributed by atoms with Gasteiger partial charge in [0.15, 0.2) is 6.10 Å².